The second-order valence-corrected chi connectivity index (χ2v) is 23.0. The highest BCUT2D eigenvalue weighted by Crippen LogP contribution is 2.41. The maximum absolute atomic E-state index is 14.5. The van der Waals surface area contributed by atoms with Gasteiger partial charge in [-0.3, -0.25) is 33.9 Å². The summed E-state index contributed by atoms with van der Waals surface area (Å²) >= 11 is 0.837. The van der Waals surface area contributed by atoms with E-state index in [0.29, 0.717) is 75.0 Å². The fourth-order valence-electron chi connectivity index (χ4n) is 10.7. The van der Waals surface area contributed by atoms with Crippen molar-refractivity contribution in [2.75, 3.05) is 31.5 Å². The van der Waals surface area contributed by atoms with Crippen LogP contribution in [-0.4, -0.2) is 101 Å². The SMILES string of the molecule is CN1C(=O)C[C@H](C(=O)NCCOC2CCC(OCCCC(=O)NC3CCC(C(=O)NCc4cc(-c5ccc(Oc6ccc(S(=O)(=O)Nc7ncns7)cc6C#N)c(-c6ccncc6)c5)cc(C(F)(F)F)c4)CC3)CC2)[C@H]1c1cccnc1. The molecule has 2 atom stereocenters. The number of alkyl halides is 3. The van der Waals surface area contributed by atoms with Crippen molar-refractivity contribution in [2.45, 2.75) is 113 Å². The van der Waals surface area contributed by atoms with Crippen LogP contribution in [0, 0.1) is 23.2 Å². The number of benzene rings is 3. The summed E-state index contributed by atoms with van der Waals surface area (Å²) in [6.07, 6.45) is 9.43. The first kappa shape index (κ1) is 58.8. The molecule has 3 aromatic carbocycles. The summed E-state index contributed by atoms with van der Waals surface area (Å²) in [5.74, 6) is -1.29. The molecule has 0 bridgehead atoms. The van der Waals surface area contributed by atoms with Crippen molar-refractivity contribution in [3.8, 4) is 39.8 Å². The molecule has 4 N–H and O–H groups in total. The first-order chi connectivity index (χ1) is 39.5. The van der Waals surface area contributed by atoms with Crippen molar-refractivity contribution in [3.05, 3.63) is 132 Å². The van der Waals surface area contributed by atoms with Crippen LogP contribution in [0.25, 0.3) is 22.3 Å². The Kier molecular flexibility index (Phi) is 19.2. The summed E-state index contributed by atoms with van der Waals surface area (Å²) in [6.45, 7) is 0.974. The molecule has 0 spiro atoms. The lowest BCUT2D eigenvalue weighted by Gasteiger charge is -2.29. The van der Waals surface area contributed by atoms with E-state index in [0.717, 1.165) is 61.0 Å². The predicted molar refractivity (Wildman–Crippen MR) is 296 cm³/mol. The van der Waals surface area contributed by atoms with Crippen molar-refractivity contribution in [3.63, 3.8) is 0 Å². The number of nitrogens with zero attached hydrogens (tertiary/aromatic N) is 6. The number of hydrogen-bond donors (Lipinski definition) is 4. The van der Waals surface area contributed by atoms with Gasteiger partial charge in [0.05, 0.1) is 46.8 Å². The lowest BCUT2D eigenvalue weighted by Crippen LogP contribution is -2.40. The van der Waals surface area contributed by atoms with E-state index in [4.69, 9.17) is 14.2 Å². The van der Waals surface area contributed by atoms with Crippen LogP contribution in [-0.2, 0) is 51.4 Å². The molecule has 3 aromatic heterocycles. The molecule has 1 aliphatic heterocycles. The van der Waals surface area contributed by atoms with Gasteiger partial charge >= 0.3 is 6.18 Å². The Morgan fingerprint density at radius 1 is 0.817 bits per heavy atom. The molecule has 24 heteroatoms. The normalized spacial score (nSPS) is 20.1. The highest BCUT2D eigenvalue weighted by Gasteiger charge is 2.43. The molecule has 4 amide bonds. The third-order valence-corrected chi connectivity index (χ3v) is 17.0. The fourth-order valence-corrected chi connectivity index (χ4v) is 12.4. The number of carbonyl (C=O) groups excluding carboxylic acids is 4. The van der Waals surface area contributed by atoms with Gasteiger partial charge in [-0.05, 0) is 152 Å². The van der Waals surface area contributed by atoms with Crippen LogP contribution in [0.5, 0.6) is 11.5 Å². The first-order valence-corrected chi connectivity index (χ1v) is 29.3. The van der Waals surface area contributed by atoms with E-state index in [2.05, 4.69) is 40.0 Å². The van der Waals surface area contributed by atoms with Gasteiger partial charge in [0.1, 0.15) is 23.9 Å². The molecular formula is C58H61F3N10O9S2. The first-order valence-electron chi connectivity index (χ1n) is 27.0. The zero-order chi connectivity index (χ0) is 57.8. The van der Waals surface area contributed by atoms with Crippen LogP contribution in [0.3, 0.4) is 0 Å². The van der Waals surface area contributed by atoms with E-state index in [1.165, 1.54) is 30.9 Å². The molecule has 3 aliphatic rings. The van der Waals surface area contributed by atoms with Gasteiger partial charge in [-0.1, -0.05) is 12.1 Å². The fraction of sp³-hybridized carbons (Fsp3) is 0.397. The zero-order valence-electron chi connectivity index (χ0n) is 44.8. The minimum absolute atomic E-state index is 0.0243. The Hall–Kier alpha value is -7.85. The molecule has 2 aliphatic carbocycles. The lowest BCUT2D eigenvalue weighted by atomic mass is 9.85. The minimum Gasteiger partial charge on any atom is -0.455 e. The van der Waals surface area contributed by atoms with Crippen molar-refractivity contribution in [2.24, 2.45) is 11.8 Å². The van der Waals surface area contributed by atoms with Crippen LogP contribution in [0.4, 0.5) is 18.3 Å². The van der Waals surface area contributed by atoms with Gasteiger partial charge in [0.15, 0.2) is 0 Å². The van der Waals surface area contributed by atoms with Crippen molar-refractivity contribution >= 4 is 50.3 Å². The molecule has 19 nitrogen and oxygen atoms in total. The molecule has 4 heterocycles. The quantitative estimate of drug-likeness (QED) is 0.0463. The summed E-state index contributed by atoms with van der Waals surface area (Å²) in [5.41, 5.74) is 1.67. The molecule has 0 radical (unpaired) electrons. The molecule has 1 saturated heterocycles. The topological polar surface area (TPSA) is 257 Å². The average Bonchev–Trinajstić information content (AvgIpc) is 4.20. The zero-order valence-corrected chi connectivity index (χ0v) is 46.4. The summed E-state index contributed by atoms with van der Waals surface area (Å²) in [6, 6.07) is 20.7. The lowest BCUT2D eigenvalue weighted by molar-refractivity contribution is -0.137. The molecule has 2 saturated carbocycles. The second-order valence-electron chi connectivity index (χ2n) is 20.5. The molecular weight excluding hydrogens is 1100 g/mol. The van der Waals surface area contributed by atoms with Gasteiger partial charge in [0.2, 0.25) is 28.8 Å². The number of carbonyl (C=O) groups is 4. The predicted octanol–water partition coefficient (Wildman–Crippen LogP) is 8.90. The number of aromatic nitrogens is 4. The maximum Gasteiger partial charge on any atom is 0.416 e. The number of halogens is 3. The average molecular weight is 1160 g/mol. The largest absolute Gasteiger partial charge is 0.455 e. The molecule has 430 valence electrons. The number of nitrogens with one attached hydrogen (secondary N) is 4. The van der Waals surface area contributed by atoms with Crippen LogP contribution >= 0.6 is 11.5 Å². The third kappa shape index (κ3) is 15.2. The standard InChI is InChI=1S/C58H61F3N10O9S2/c1-71-53(73)31-49(54(71)40-4-2-20-64-34-40)56(75)65-23-25-79-46-13-11-45(12-14-46)78-24-3-5-52(72)69-44-9-6-38(7-10-44)55(74)66-33-36-26-41(28-43(27-36)58(59,60)61)39-8-16-51(48(30-39)37-18-21-63-22-19-37)80-50-17-15-47(29-42(50)32-62)82(76,77)70-57-67-35-68-81-57/h2,4,8,15-22,26-30,34-35,38,44-46,49,54H,3,5-7,9-14,23-25,31,33H2,1H3,(H,65,75)(H,66,74)(H,69,72)(H,67,68,70)/t38?,44?,45?,46?,49-,54+/m0/s1. The maximum atomic E-state index is 14.5. The number of hydrogen-bond acceptors (Lipinski definition) is 15. The third-order valence-electron chi connectivity index (χ3n) is 15.0. The summed E-state index contributed by atoms with van der Waals surface area (Å²) in [4.78, 5) is 65.4. The number of nitriles is 1. The Morgan fingerprint density at radius 3 is 2.26 bits per heavy atom. The summed E-state index contributed by atoms with van der Waals surface area (Å²) in [5, 5.41) is 19.0. The van der Waals surface area contributed by atoms with Gasteiger partial charge in [0, 0.05) is 93.4 Å². The van der Waals surface area contributed by atoms with Crippen molar-refractivity contribution < 1.29 is 55.0 Å². The van der Waals surface area contributed by atoms with Gasteiger partial charge in [0.25, 0.3) is 10.0 Å². The number of ether oxygens (including phenoxy) is 3. The smallest absolute Gasteiger partial charge is 0.416 e. The molecule has 0 unspecified atom stereocenters. The number of pyridine rings is 2. The van der Waals surface area contributed by atoms with E-state index in [1.54, 1.807) is 66.8 Å². The van der Waals surface area contributed by atoms with Crippen LogP contribution < -0.4 is 25.4 Å². The Labute approximate surface area is 476 Å². The molecule has 9 rings (SSSR count). The van der Waals surface area contributed by atoms with Gasteiger partial charge in [-0.15, -0.1) is 0 Å². The Balaban J connectivity index is 0.707. The highest BCUT2D eigenvalue weighted by molar-refractivity contribution is 7.93. The van der Waals surface area contributed by atoms with Gasteiger partial charge in [-0.2, -0.15) is 22.8 Å². The number of amides is 4. The summed E-state index contributed by atoms with van der Waals surface area (Å²) < 4.78 is 94.0. The molecule has 6 aromatic rings. The Bertz CT molecular complexity index is 3360. The van der Waals surface area contributed by atoms with Crippen molar-refractivity contribution in [1.82, 2.24) is 40.2 Å². The van der Waals surface area contributed by atoms with E-state index < -0.39 is 27.7 Å². The van der Waals surface area contributed by atoms with Gasteiger partial charge in [-0.25, -0.2) is 13.4 Å². The highest BCUT2D eigenvalue weighted by atomic mass is 32.2. The van der Waals surface area contributed by atoms with E-state index in [9.17, 15) is 46.0 Å². The number of sulfonamides is 1. The second kappa shape index (κ2) is 26.8. The minimum atomic E-state index is -4.71. The number of rotatable bonds is 22. The monoisotopic (exact) mass is 1160 g/mol. The van der Waals surface area contributed by atoms with E-state index >= 15 is 0 Å². The number of anilines is 1. The van der Waals surface area contributed by atoms with E-state index in [1.807, 2.05) is 12.1 Å². The molecule has 3 fully saturated rings. The Morgan fingerprint density at radius 2 is 1.56 bits per heavy atom. The van der Waals surface area contributed by atoms with Crippen LogP contribution in [0.15, 0.2) is 115 Å². The van der Waals surface area contributed by atoms with Crippen LogP contribution in [0.1, 0.15) is 98.9 Å². The number of likely N-dealkylation sites (tertiary alicyclic amines) is 1. The van der Waals surface area contributed by atoms with Gasteiger partial charge < -0.3 is 35.1 Å². The summed E-state index contributed by atoms with van der Waals surface area (Å²) in [7, 11) is -2.43. The van der Waals surface area contributed by atoms with Crippen molar-refractivity contribution in [1.29, 1.82) is 5.26 Å². The van der Waals surface area contributed by atoms with Crippen LogP contribution in [0.2, 0.25) is 0 Å². The van der Waals surface area contributed by atoms with E-state index in [-0.39, 0.29) is 105 Å². The molecule has 82 heavy (non-hydrogen) atoms.